The van der Waals surface area contributed by atoms with E-state index in [1.54, 1.807) is 17.0 Å². The number of halogens is 2. The molecule has 8 heteroatoms. The number of hydrogen-bond acceptors (Lipinski definition) is 4. The highest BCUT2D eigenvalue weighted by molar-refractivity contribution is 14.1. The minimum Gasteiger partial charge on any atom is -0.454 e. The van der Waals surface area contributed by atoms with Crippen LogP contribution in [0.25, 0.3) is 0 Å². The summed E-state index contributed by atoms with van der Waals surface area (Å²) in [5.74, 6) is -0.749. The second-order valence-corrected chi connectivity index (χ2v) is 8.20. The summed E-state index contributed by atoms with van der Waals surface area (Å²) in [6.45, 7) is -0.285. The maximum Gasteiger partial charge on any atom is 0.326 e. The fourth-order valence-corrected chi connectivity index (χ4v) is 4.50. The molecule has 0 saturated heterocycles. The molecule has 1 saturated carbocycles. The van der Waals surface area contributed by atoms with Crippen molar-refractivity contribution >= 4 is 57.1 Å². The van der Waals surface area contributed by atoms with Crippen LogP contribution in [0.15, 0.2) is 17.2 Å². The van der Waals surface area contributed by atoms with E-state index in [1.165, 1.54) is 12.8 Å². The number of nitrogens with zero attached hydrogens (tertiary/aromatic N) is 1. The van der Waals surface area contributed by atoms with Gasteiger partial charge in [0.25, 0.3) is 5.91 Å². The molecule has 0 unspecified atom stereocenters. The molecule has 1 aromatic heterocycles. The fraction of sp³-hybridized carbons (Fsp3) is 0.562. The molecule has 2 rings (SSSR count). The molecule has 132 valence electrons. The highest BCUT2D eigenvalue weighted by Gasteiger charge is 2.16. The predicted molar refractivity (Wildman–Crippen MR) is 107 cm³/mol. The zero-order chi connectivity index (χ0) is 17.5. The second-order valence-electron chi connectivity index (χ2n) is 5.87. The number of esters is 1. The minimum atomic E-state index is -0.499. The Hall–Kier alpha value is -0.650. The van der Waals surface area contributed by atoms with Crippen molar-refractivity contribution in [2.45, 2.75) is 51.1 Å². The molecule has 0 spiro atoms. The van der Waals surface area contributed by atoms with Crippen LogP contribution < -0.4 is 10.7 Å². The van der Waals surface area contributed by atoms with Gasteiger partial charge in [-0.05, 0) is 58.0 Å². The molecule has 0 aliphatic heterocycles. The van der Waals surface area contributed by atoms with Gasteiger partial charge >= 0.3 is 5.97 Å². The summed E-state index contributed by atoms with van der Waals surface area (Å²) in [4.78, 5) is 35.4. The molecule has 1 amide bonds. The van der Waals surface area contributed by atoms with Crippen LogP contribution in [0.5, 0.6) is 0 Å². The van der Waals surface area contributed by atoms with Crippen molar-refractivity contribution in [3.05, 3.63) is 29.8 Å². The molecule has 1 aliphatic carbocycles. The van der Waals surface area contributed by atoms with E-state index in [0.29, 0.717) is 7.14 Å². The van der Waals surface area contributed by atoms with Crippen LogP contribution in [0.2, 0.25) is 0 Å². The van der Waals surface area contributed by atoms with E-state index in [4.69, 9.17) is 4.74 Å². The number of nitrogens with one attached hydrogen (secondary N) is 1. The Bertz CT molecular complexity index is 626. The van der Waals surface area contributed by atoms with E-state index in [-0.39, 0.29) is 30.5 Å². The first-order chi connectivity index (χ1) is 11.5. The molecule has 1 N–H and O–H groups in total. The smallest absolute Gasteiger partial charge is 0.326 e. The quantitative estimate of drug-likeness (QED) is 0.343. The molecule has 0 atom stereocenters. The van der Waals surface area contributed by atoms with Gasteiger partial charge in [0.2, 0.25) is 5.43 Å². The van der Waals surface area contributed by atoms with Crippen molar-refractivity contribution in [1.82, 2.24) is 9.88 Å². The summed E-state index contributed by atoms with van der Waals surface area (Å²) in [6, 6.07) is 0.195. The first-order valence-corrected chi connectivity index (χ1v) is 10.1. The Balaban J connectivity index is 1.78. The summed E-state index contributed by atoms with van der Waals surface area (Å²) >= 11 is 3.87. The molecule has 6 nitrogen and oxygen atoms in total. The summed E-state index contributed by atoms with van der Waals surface area (Å²) in [5.41, 5.74) is -0.0522. The van der Waals surface area contributed by atoms with Crippen LogP contribution in [-0.4, -0.2) is 29.1 Å². The Morgan fingerprint density at radius 1 is 1.12 bits per heavy atom. The van der Waals surface area contributed by atoms with E-state index < -0.39 is 5.97 Å². The Morgan fingerprint density at radius 3 is 2.29 bits per heavy atom. The third-order valence-electron chi connectivity index (χ3n) is 3.89. The van der Waals surface area contributed by atoms with E-state index in [9.17, 15) is 14.4 Å². The van der Waals surface area contributed by atoms with Crippen LogP contribution in [0, 0.1) is 7.14 Å². The Morgan fingerprint density at radius 2 is 1.71 bits per heavy atom. The monoisotopic (exact) mass is 558 g/mol. The van der Waals surface area contributed by atoms with Crippen molar-refractivity contribution in [2.24, 2.45) is 0 Å². The minimum absolute atomic E-state index is 0.0248. The zero-order valence-corrected chi connectivity index (χ0v) is 17.5. The summed E-state index contributed by atoms with van der Waals surface area (Å²) < 4.78 is 7.71. The standard InChI is InChI=1S/C16H20I2N2O4/c17-12-7-20(8-13(18)16(12)23)9-15(22)24-10-14(21)19-11-5-3-1-2-4-6-11/h7-8,11H,1-6,9-10H2,(H,19,21). The number of ether oxygens (including phenoxy) is 1. The molecular weight excluding hydrogens is 538 g/mol. The molecule has 0 aromatic carbocycles. The van der Waals surface area contributed by atoms with Crippen molar-refractivity contribution < 1.29 is 14.3 Å². The molecule has 1 heterocycles. The van der Waals surface area contributed by atoms with Gasteiger partial charge in [0.15, 0.2) is 6.61 Å². The normalized spacial score (nSPS) is 15.6. The third-order valence-corrected chi connectivity index (χ3v) is 5.43. The fourth-order valence-electron chi connectivity index (χ4n) is 2.68. The number of carbonyl (C=O) groups excluding carboxylic acids is 2. The molecule has 1 aromatic rings. The largest absolute Gasteiger partial charge is 0.454 e. The van der Waals surface area contributed by atoms with Gasteiger partial charge in [-0.2, -0.15) is 0 Å². The van der Waals surface area contributed by atoms with Gasteiger partial charge in [-0.3, -0.25) is 14.4 Å². The van der Waals surface area contributed by atoms with Crippen LogP contribution in [0.1, 0.15) is 38.5 Å². The number of aromatic nitrogens is 1. The number of pyridine rings is 1. The average Bonchev–Trinajstić information content (AvgIpc) is 2.79. The highest BCUT2D eigenvalue weighted by atomic mass is 127. The van der Waals surface area contributed by atoms with E-state index in [2.05, 4.69) is 5.32 Å². The zero-order valence-electron chi connectivity index (χ0n) is 13.2. The van der Waals surface area contributed by atoms with Gasteiger partial charge in [-0.25, -0.2) is 0 Å². The molecule has 0 bridgehead atoms. The number of amides is 1. The lowest BCUT2D eigenvalue weighted by Gasteiger charge is -2.16. The summed E-state index contributed by atoms with van der Waals surface area (Å²) in [5, 5.41) is 2.94. The topological polar surface area (TPSA) is 77.4 Å². The van der Waals surface area contributed by atoms with Gasteiger partial charge in [-0.15, -0.1) is 0 Å². The summed E-state index contributed by atoms with van der Waals surface area (Å²) in [7, 11) is 0. The maximum absolute atomic E-state index is 11.9. The molecule has 1 fully saturated rings. The lowest BCUT2D eigenvalue weighted by atomic mass is 10.1. The van der Waals surface area contributed by atoms with Crippen LogP contribution in [0.3, 0.4) is 0 Å². The van der Waals surface area contributed by atoms with Gasteiger partial charge < -0.3 is 14.6 Å². The highest BCUT2D eigenvalue weighted by Crippen LogP contribution is 2.17. The van der Waals surface area contributed by atoms with Crippen LogP contribution in [-0.2, 0) is 20.9 Å². The van der Waals surface area contributed by atoms with Crippen molar-refractivity contribution in [3.8, 4) is 0 Å². The van der Waals surface area contributed by atoms with Crippen molar-refractivity contribution in [3.63, 3.8) is 0 Å². The molecular formula is C16H20I2N2O4. The van der Waals surface area contributed by atoms with Crippen molar-refractivity contribution in [2.75, 3.05) is 6.61 Å². The SMILES string of the molecule is O=C(COC(=O)Cn1cc(I)c(=O)c(I)c1)NC1CCCCCC1. The van der Waals surface area contributed by atoms with Crippen molar-refractivity contribution in [1.29, 1.82) is 0 Å². The first kappa shape index (κ1) is 19.7. The summed E-state index contributed by atoms with van der Waals surface area (Å²) in [6.07, 6.45) is 9.89. The maximum atomic E-state index is 11.9. The van der Waals surface area contributed by atoms with Crippen LogP contribution >= 0.6 is 45.2 Å². The van der Waals surface area contributed by atoms with E-state index in [1.807, 2.05) is 45.2 Å². The lowest BCUT2D eigenvalue weighted by molar-refractivity contribution is -0.149. The molecule has 24 heavy (non-hydrogen) atoms. The first-order valence-electron chi connectivity index (χ1n) is 7.96. The number of rotatable bonds is 5. The van der Waals surface area contributed by atoms with Gasteiger partial charge in [0.05, 0.1) is 7.14 Å². The van der Waals surface area contributed by atoms with Gasteiger partial charge in [0.1, 0.15) is 6.54 Å². The van der Waals surface area contributed by atoms with E-state index >= 15 is 0 Å². The number of carbonyl (C=O) groups is 2. The Kier molecular flexibility index (Phi) is 7.98. The molecule has 1 aliphatic rings. The van der Waals surface area contributed by atoms with Gasteiger partial charge in [-0.1, -0.05) is 25.7 Å². The average molecular weight is 558 g/mol. The predicted octanol–water partition coefficient (Wildman–Crippen LogP) is 2.44. The Labute approximate surface area is 168 Å². The van der Waals surface area contributed by atoms with Gasteiger partial charge in [0, 0.05) is 18.4 Å². The van der Waals surface area contributed by atoms with Crippen LogP contribution in [0.4, 0.5) is 0 Å². The lowest BCUT2D eigenvalue weighted by Crippen LogP contribution is -2.37. The van der Waals surface area contributed by atoms with E-state index in [0.717, 1.165) is 25.7 Å². The number of hydrogen-bond donors (Lipinski definition) is 1. The third kappa shape index (κ3) is 6.34. The molecule has 0 radical (unpaired) electrons. The second kappa shape index (κ2) is 9.73.